The van der Waals surface area contributed by atoms with Crippen LogP contribution < -0.4 is 10.1 Å². The third-order valence-corrected chi connectivity index (χ3v) is 5.67. The number of amides is 1. The van der Waals surface area contributed by atoms with Crippen molar-refractivity contribution in [3.8, 4) is 5.75 Å². The number of carbonyl (C=O) groups is 1. The van der Waals surface area contributed by atoms with Crippen molar-refractivity contribution in [2.45, 2.75) is 18.9 Å². The molecule has 0 spiro atoms. The molecule has 1 aliphatic heterocycles. The molecule has 144 valence electrons. The van der Waals surface area contributed by atoms with Crippen LogP contribution in [0.4, 0.5) is 5.69 Å². The minimum Gasteiger partial charge on any atom is -0.484 e. The van der Waals surface area contributed by atoms with E-state index in [2.05, 4.69) is 39.4 Å². The number of nitrogens with zero attached hydrogens (tertiary/aromatic N) is 1. The molecule has 3 aromatic carbocycles. The van der Waals surface area contributed by atoms with Crippen molar-refractivity contribution < 1.29 is 9.53 Å². The van der Waals surface area contributed by atoms with Crippen molar-refractivity contribution in [3.05, 3.63) is 71.2 Å². The summed E-state index contributed by atoms with van der Waals surface area (Å²) in [5.74, 6) is 0.786. The lowest BCUT2D eigenvalue weighted by Crippen LogP contribution is -2.44. The number of likely N-dealkylation sites (tertiary alicyclic amines) is 1. The topological polar surface area (TPSA) is 41.6 Å². The van der Waals surface area contributed by atoms with Crippen molar-refractivity contribution in [3.63, 3.8) is 0 Å². The van der Waals surface area contributed by atoms with Crippen molar-refractivity contribution in [2.24, 2.45) is 0 Å². The molecular weight excluding hydrogens is 416 g/mol. The predicted octanol–water partition coefficient (Wildman–Crippen LogP) is 5.08. The zero-order chi connectivity index (χ0) is 19.3. The Bertz CT molecular complexity index is 950. The normalized spacial score (nSPS) is 14.8. The molecule has 0 unspecified atom stereocenters. The second kappa shape index (κ2) is 8.65. The van der Waals surface area contributed by atoms with Crippen LogP contribution in [0.1, 0.15) is 12.8 Å². The summed E-state index contributed by atoms with van der Waals surface area (Å²) in [7, 11) is 0. The second-order valence-corrected chi connectivity index (χ2v) is 8.02. The molecule has 1 N–H and O–H groups in total. The van der Waals surface area contributed by atoms with Crippen molar-refractivity contribution in [2.75, 3.05) is 25.0 Å². The van der Waals surface area contributed by atoms with E-state index in [-0.39, 0.29) is 12.5 Å². The molecule has 5 heteroatoms. The molecule has 28 heavy (non-hydrogen) atoms. The van der Waals surface area contributed by atoms with Gasteiger partial charge in [0.15, 0.2) is 6.61 Å². The summed E-state index contributed by atoms with van der Waals surface area (Å²) in [6.07, 6.45) is 1.88. The maximum absolute atomic E-state index is 12.5. The fourth-order valence-electron chi connectivity index (χ4n) is 3.55. The van der Waals surface area contributed by atoms with Gasteiger partial charge in [0.25, 0.3) is 5.91 Å². The Morgan fingerprint density at radius 2 is 1.71 bits per heavy atom. The predicted molar refractivity (Wildman–Crippen MR) is 117 cm³/mol. The molecule has 4 rings (SSSR count). The monoisotopic (exact) mass is 438 g/mol. The number of rotatable bonds is 5. The maximum atomic E-state index is 12.5. The molecular formula is C23H23BrN2O2. The average Bonchev–Trinajstić information content (AvgIpc) is 2.74. The molecule has 0 atom stereocenters. The van der Waals surface area contributed by atoms with Gasteiger partial charge in [0.1, 0.15) is 5.75 Å². The highest BCUT2D eigenvalue weighted by molar-refractivity contribution is 9.10. The summed E-state index contributed by atoms with van der Waals surface area (Å²) >= 11 is 3.45. The first-order valence-corrected chi connectivity index (χ1v) is 10.4. The van der Waals surface area contributed by atoms with Crippen molar-refractivity contribution in [1.29, 1.82) is 0 Å². The lowest BCUT2D eigenvalue weighted by atomic mass is 10.0. The molecule has 3 aromatic rings. The van der Waals surface area contributed by atoms with Gasteiger partial charge in [-0.1, -0.05) is 46.3 Å². The fourth-order valence-corrected chi connectivity index (χ4v) is 3.81. The molecule has 1 aliphatic rings. The summed E-state index contributed by atoms with van der Waals surface area (Å²) in [4.78, 5) is 14.4. The van der Waals surface area contributed by atoms with Gasteiger partial charge in [-0.25, -0.2) is 0 Å². The quantitative estimate of drug-likeness (QED) is 0.603. The van der Waals surface area contributed by atoms with Crippen LogP contribution in [0.5, 0.6) is 5.75 Å². The third kappa shape index (κ3) is 4.65. The minimum absolute atomic E-state index is 0.0512. The van der Waals surface area contributed by atoms with Gasteiger partial charge in [-0.05, 0) is 60.0 Å². The Morgan fingerprint density at radius 1 is 1.00 bits per heavy atom. The van der Waals surface area contributed by atoms with E-state index in [1.54, 1.807) is 0 Å². The first-order valence-electron chi connectivity index (χ1n) is 9.59. The Hall–Kier alpha value is -2.53. The number of fused-ring (bicyclic) bond motifs is 1. The van der Waals surface area contributed by atoms with Gasteiger partial charge in [-0.3, -0.25) is 4.79 Å². The Balaban J connectivity index is 1.26. The lowest BCUT2D eigenvalue weighted by molar-refractivity contribution is -0.134. The largest absolute Gasteiger partial charge is 0.484 e. The number of hydrogen-bond acceptors (Lipinski definition) is 3. The van der Waals surface area contributed by atoms with Gasteiger partial charge in [-0.15, -0.1) is 0 Å². The number of anilines is 1. The van der Waals surface area contributed by atoms with Crippen LogP contribution in [0, 0.1) is 0 Å². The Labute approximate surface area is 173 Å². The summed E-state index contributed by atoms with van der Waals surface area (Å²) in [5, 5.41) is 5.84. The molecule has 0 aromatic heterocycles. The van der Waals surface area contributed by atoms with E-state index >= 15 is 0 Å². The fraction of sp³-hybridized carbons (Fsp3) is 0.261. The van der Waals surface area contributed by atoms with E-state index in [0.29, 0.717) is 6.04 Å². The summed E-state index contributed by atoms with van der Waals surface area (Å²) in [6, 6.07) is 22.7. The van der Waals surface area contributed by atoms with Crippen LogP contribution in [-0.2, 0) is 4.79 Å². The van der Waals surface area contributed by atoms with Gasteiger partial charge in [-0.2, -0.15) is 0 Å². The number of hydrogen-bond donors (Lipinski definition) is 1. The highest BCUT2D eigenvalue weighted by atomic mass is 79.9. The van der Waals surface area contributed by atoms with E-state index in [1.165, 1.54) is 5.39 Å². The first kappa shape index (κ1) is 18.8. The number of piperidine rings is 1. The SMILES string of the molecule is O=C(COc1ccc2ccccc2c1)N1CCC(Nc2ccc(Br)cc2)CC1. The molecule has 1 heterocycles. The van der Waals surface area contributed by atoms with Crippen LogP contribution in [0.2, 0.25) is 0 Å². The molecule has 0 radical (unpaired) electrons. The zero-order valence-corrected chi connectivity index (χ0v) is 17.2. The Kier molecular flexibility index (Phi) is 5.81. The van der Waals surface area contributed by atoms with Gasteiger partial charge in [0.2, 0.25) is 0 Å². The van der Waals surface area contributed by atoms with E-state index in [4.69, 9.17) is 4.74 Å². The average molecular weight is 439 g/mol. The molecule has 0 saturated carbocycles. The van der Waals surface area contributed by atoms with Crippen molar-refractivity contribution in [1.82, 2.24) is 4.90 Å². The molecule has 0 bridgehead atoms. The van der Waals surface area contributed by atoms with E-state index in [9.17, 15) is 4.79 Å². The van der Waals surface area contributed by atoms with Gasteiger partial charge < -0.3 is 15.0 Å². The summed E-state index contributed by atoms with van der Waals surface area (Å²) < 4.78 is 6.83. The number of benzene rings is 3. The number of ether oxygens (including phenoxy) is 1. The molecule has 4 nitrogen and oxygen atoms in total. The van der Waals surface area contributed by atoms with Crippen LogP contribution in [0.25, 0.3) is 10.8 Å². The summed E-state index contributed by atoms with van der Waals surface area (Å²) in [6.45, 7) is 1.60. The molecule has 1 amide bonds. The van der Waals surface area contributed by atoms with Crippen molar-refractivity contribution >= 4 is 38.3 Å². The van der Waals surface area contributed by atoms with Gasteiger partial charge in [0, 0.05) is 29.3 Å². The first-order chi connectivity index (χ1) is 13.7. The number of halogens is 1. The van der Waals surface area contributed by atoms with Crippen LogP contribution in [0.3, 0.4) is 0 Å². The van der Waals surface area contributed by atoms with E-state index in [1.807, 2.05) is 53.4 Å². The highest BCUT2D eigenvalue weighted by Gasteiger charge is 2.23. The third-order valence-electron chi connectivity index (χ3n) is 5.15. The van der Waals surface area contributed by atoms with Crippen LogP contribution in [0.15, 0.2) is 71.2 Å². The highest BCUT2D eigenvalue weighted by Crippen LogP contribution is 2.22. The van der Waals surface area contributed by atoms with E-state index in [0.717, 1.165) is 47.2 Å². The number of nitrogens with one attached hydrogen (secondary N) is 1. The lowest BCUT2D eigenvalue weighted by Gasteiger charge is -2.32. The summed E-state index contributed by atoms with van der Waals surface area (Å²) in [5.41, 5.74) is 1.12. The number of carbonyl (C=O) groups excluding carboxylic acids is 1. The molecule has 0 aliphatic carbocycles. The smallest absolute Gasteiger partial charge is 0.260 e. The molecule has 1 fully saturated rings. The van der Waals surface area contributed by atoms with Gasteiger partial charge in [0.05, 0.1) is 0 Å². The van der Waals surface area contributed by atoms with Gasteiger partial charge >= 0.3 is 0 Å². The van der Waals surface area contributed by atoms with Crippen LogP contribution in [-0.4, -0.2) is 36.5 Å². The minimum atomic E-state index is 0.0512. The molecule has 1 saturated heterocycles. The maximum Gasteiger partial charge on any atom is 0.260 e. The second-order valence-electron chi connectivity index (χ2n) is 7.10. The standard InChI is InChI=1S/C23H23BrN2O2/c24-19-6-8-20(9-7-19)25-21-11-13-26(14-12-21)23(27)16-28-22-10-5-17-3-1-2-4-18(17)15-22/h1-10,15,21,25H,11-14,16H2. The Morgan fingerprint density at radius 3 is 2.46 bits per heavy atom. The van der Waals surface area contributed by atoms with E-state index < -0.39 is 0 Å². The van der Waals surface area contributed by atoms with Crippen LogP contribution >= 0.6 is 15.9 Å². The zero-order valence-electron chi connectivity index (χ0n) is 15.6.